The second-order valence-electron chi connectivity index (χ2n) is 10.9. The van der Waals surface area contributed by atoms with Gasteiger partial charge in [-0.2, -0.15) is 0 Å². The van der Waals surface area contributed by atoms with Gasteiger partial charge in [0.15, 0.2) is 0 Å². The molecule has 6 nitrogen and oxygen atoms in total. The molecule has 1 saturated carbocycles. The Morgan fingerprint density at radius 1 is 0.935 bits per heavy atom. The maximum absolute atomic E-state index is 6.31. The highest BCUT2D eigenvalue weighted by Crippen LogP contribution is 2.39. The average molecular weight is 422 g/mol. The fourth-order valence-corrected chi connectivity index (χ4v) is 5.53. The predicted octanol–water partition coefficient (Wildman–Crippen LogP) is 3.39. The van der Waals surface area contributed by atoms with Crippen LogP contribution in [-0.2, 0) is 35.2 Å². The van der Waals surface area contributed by atoms with Crippen LogP contribution in [0.5, 0.6) is 0 Å². The summed E-state index contributed by atoms with van der Waals surface area (Å²) in [4.78, 5) is 10.1. The highest BCUT2D eigenvalue weighted by molar-refractivity contribution is 6.42. The molecule has 0 amide bonds. The molecule has 4 aliphatic rings. The maximum atomic E-state index is 6.31. The number of hydrogen-bond donors (Lipinski definition) is 0. The van der Waals surface area contributed by atoms with Gasteiger partial charge in [-0.25, -0.2) is 4.98 Å². The summed E-state index contributed by atoms with van der Waals surface area (Å²) in [6.07, 6.45) is 6.27. The van der Waals surface area contributed by atoms with Crippen LogP contribution in [0, 0.1) is 0 Å². The van der Waals surface area contributed by atoms with E-state index in [-0.39, 0.29) is 18.5 Å². The van der Waals surface area contributed by atoms with Crippen LogP contribution in [-0.4, -0.2) is 63.4 Å². The smallest absolute Gasteiger partial charge is 0.389 e. The summed E-state index contributed by atoms with van der Waals surface area (Å²) in [6, 6.07) is 5.57. The minimum atomic E-state index is -0.295. The lowest BCUT2D eigenvalue weighted by atomic mass is 9.90. The highest BCUT2D eigenvalue weighted by atomic mass is 16.7. The third-order valence-corrected chi connectivity index (χ3v) is 8.55. The fraction of sp³-hybridized carbons (Fsp3) is 0.708. The minimum Gasteiger partial charge on any atom is -0.389 e. The normalized spacial score (nSPS) is 26.5. The summed E-state index contributed by atoms with van der Waals surface area (Å²) in [6.45, 7) is 13.7. The minimum absolute atomic E-state index is 0.273. The number of nitrogens with zero attached hydrogens (tertiary/aromatic N) is 4. The van der Waals surface area contributed by atoms with E-state index in [1.54, 1.807) is 0 Å². The molecule has 0 unspecified atom stereocenters. The third kappa shape index (κ3) is 3.27. The van der Waals surface area contributed by atoms with Crippen molar-refractivity contribution in [2.45, 2.75) is 90.1 Å². The molecule has 0 spiro atoms. The molecule has 31 heavy (non-hydrogen) atoms. The van der Waals surface area contributed by atoms with Crippen molar-refractivity contribution in [3.05, 3.63) is 29.1 Å². The molecule has 6 rings (SSSR count). The summed E-state index contributed by atoms with van der Waals surface area (Å²) in [5.74, 6) is 1.27. The van der Waals surface area contributed by atoms with Crippen LogP contribution in [0.4, 0.5) is 0 Å². The summed E-state index contributed by atoms with van der Waals surface area (Å²) in [7, 11) is -0.273. The summed E-state index contributed by atoms with van der Waals surface area (Å²) in [5.41, 5.74) is 4.73. The molecule has 2 aromatic rings. The van der Waals surface area contributed by atoms with Crippen LogP contribution in [0.25, 0.3) is 11.0 Å². The number of imidazole rings is 1. The topological polar surface area (TPSA) is 42.8 Å². The van der Waals surface area contributed by atoms with Gasteiger partial charge in [0.25, 0.3) is 0 Å². The maximum Gasteiger partial charge on any atom is 0.558 e. The van der Waals surface area contributed by atoms with Gasteiger partial charge in [-0.15, -0.1) is 0 Å². The summed E-state index contributed by atoms with van der Waals surface area (Å²) in [5, 5.41) is 0. The quantitative estimate of drug-likeness (QED) is 0.695. The molecule has 166 valence electrons. The number of fused-ring (bicyclic) bond motifs is 4. The van der Waals surface area contributed by atoms with Crippen molar-refractivity contribution < 1.29 is 9.31 Å². The Bertz CT molecular complexity index is 997. The first-order chi connectivity index (χ1) is 14.8. The molecule has 4 heterocycles. The van der Waals surface area contributed by atoms with E-state index in [2.05, 4.69) is 54.1 Å². The zero-order valence-electron chi connectivity index (χ0n) is 19.5. The lowest BCUT2D eigenvalue weighted by Crippen LogP contribution is -2.45. The second-order valence-corrected chi connectivity index (χ2v) is 10.9. The average Bonchev–Trinajstić information content (AvgIpc) is 3.02. The lowest BCUT2D eigenvalue weighted by molar-refractivity contribution is 0.00578. The molecule has 1 aliphatic carbocycles. The number of hydrogen-bond acceptors (Lipinski definition) is 5. The Hall–Kier alpha value is -1.41. The third-order valence-electron chi connectivity index (χ3n) is 8.55. The Morgan fingerprint density at radius 2 is 1.71 bits per heavy atom. The van der Waals surface area contributed by atoms with Crippen molar-refractivity contribution in [2.75, 3.05) is 19.6 Å². The van der Waals surface area contributed by atoms with Gasteiger partial charge in [0, 0.05) is 38.6 Å². The molecule has 3 aliphatic heterocycles. The first-order valence-electron chi connectivity index (χ1n) is 12.2. The standard InChI is InChI=1S/C24H35BN4O2/c1-23(2)24(3,4)31-25(30-23)28-11-8-17-15-21-20(14-18(17)16-28)26-22-9-10-27(12-13-29(21)22)19-6-5-7-19/h14-15,19H,5-13,16H2,1-4H3. The molecule has 1 aromatic carbocycles. The highest BCUT2D eigenvalue weighted by Gasteiger charge is 2.54. The van der Waals surface area contributed by atoms with Gasteiger partial charge in [-0.1, -0.05) is 6.42 Å². The van der Waals surface area contributed by atoms with Crippen molar-refractivity contribution in [1.82, 2.24) is 19.3 Å². The van der Waals surface area contributed by atoms with Crippen LogP contribution in [0.15, 0.2) is 12.1 Å². The van der Waals surface area contributed by atoms with E-state index in [4.69, 9.17) is 14.3 Å². The van der Waals surface area contributed by atoms with Crippen LogP contribution in [0.2, 0.25) is 0 Å². The van der Waals surface area contributed by atoms with Crippen molar-refractivity contribution in [3.63, 3.8) is 0 Å². The van der Waals surface area contributed by atoms with Crippen LogP contribution < -0.4 is 0 Å². The number of benzene rings is 1. The predicted molar refractivity (Wildman–Crippen MR) is 123 cm³/mol. The van der Waals surface area contributed by atoms with Gasteiger partial charge >= 0.3 is 7.25 Å². The van der Waals surface area contributed by atoms with E-state index in [0.717, 1.165) is 57.1 Å². The Balaban J connectivity index is 1.24. The van der Waals surface area contributed by atoms with Gasteiger partial charge in [-0.05, 0) is 76.8 Å². The zero-order valence-corrected chi connectivity index (χ0v) is 19.5. The van der Waals surface area contributed by atoms with Gasteiger partial charge in [-0.3, -0.25) is 9.71 Å². The van der Waals surface area contributed by atoms with E-state index in [1.807, 2.05) is 0 Å². The first kappa shape index (κ1) is 20.2. The zero-order chi connectivity index (χ0) is 21.4. The number of rotatable bonds is 2. The molecule has 1 saturated heterocycles. The lowest BCUT2D eigenvalue weighted by Gasteiger charge is -2.36. The SMILES string of the molecule is CC1(C)OB(N2CCc3cc4c(cc3C2)nc2n4CCN(C3CCC3)CC2)OC1(C)C. The summed E-state index contributed by atoms with van der Waals surface area (Å²) < 4.78 is 15.1. The van der Waals surface area contributed by atoms with Crippen molar-refractivity contribution in [3.8, 4) is 0 Å². The molecular weight excluding hydrogens is 387 g/mol. The molecule has 0 atom stereocenters. The van der Waals surface area contributed by atoms with Crippen molar-refractivity contribution in [2.24, 2.45) is 0 Å². The van der Waals surface area contributed by atoms with E-state index < -0.39 is 0 Å². The Labute approximate surface area is 186 Å². The fourth-order valence-electron chi connectivity index (χ4n) is 5.53. The summed E-state index contributed by atoms with van der Waals surface area (Å²) >= 11 is 0. The number of aromatic nitrogens is 2. The van der Waals surface area contributed by atoms with E-state index in [0.29, 0.717) is 0 Å². The van der Waals surface area contributed by atoms with Crippen LogP contribution in [0.1, 0.15) is 63.9 Å². The monoisotopic (exact) mass is 422 g/mol. The molecular formula is C24H35BN4O2. The van der Waals surface area contributed by atoms with Gasteiger partial charge < -0.3 is 13.9 Å². The van der Waals surface area contributed by atoms with Gasteiger partial charge in [0.05, 0.1) is 22.2 Å². The van der Waals surface area contributed by atoms with Crippen LogP contribution in [0.3, 0.4) is 0 Å². The Morgan fingerprint density at radius 3 is 2.42 bits per heavy atom. The molecule has 7 heteroatoms. The first-order valence-corrected chi connectivity index (χ1v) is 12.2. The molecule has 0 N–H and O–H groups in total. The van der Waals surface area contributed by atoms with Crippen molar-refractivity contribution >= 4 is 18.3 Å². The molecule has 0 bridgehead atoms. The molecule has 0 radical (unpaired) electrons. The van der Waals surface area contributed by atoms with E-state index in [1.165, 1.54) is 41.7 Å². The van der Waals surface area contributed by atoms with E-state index in [9.17, 15) is 0 Å². The second kappa shape index (κ2) is 7.04. The van der Waals surface area contributed by atoms with Crippen molar-refractivity contribution in [1.29, 1.82) is 0 Å². The van der Waals surface area contributed by atoms with Crippen LogP contribution >= 0.6 is 0 Å². The molecule has 2 fully saturated rings. The Kier molecular flexibility index (Phi) is 4.60. The molecule has 1 aromatic heterocycles. The van der Waals surface area contributed by atoms with Gasteiger partial charge in [0.1, 0.15) is 5.82 Å². The van der Waals surface area contributed by atoms with E-state index >= 15 is 0 Å². The largest absolute Gasteiger partial charge is 0.558 e. The van der Waals surface area contributed by atoms with Gasteiger partial charge in [0.2, 0.25) is 0 Å².